The molecule has 1 amide bonds. The molecule has 0 bridgehead atoms. The Morgan fingerprint density at radius 2 is 1.80 bits per heavy atom. The molecule has 4 aromatic rings. The monoisotopic (exact) mass is 641 g/mol. The largest absolute Gasteiger partial charge is 0.479 e. The molecule has 5 rings (SSSR count). The van der Waals surface area contributed by atoms with Crippen molar-refractivity contribution in [3.8, 4) is 0 Å². The van der Waals surface area contributed by atoms with E-state index in [1.807, 2.05) is 0 Å². The minimum Gasteiger partial charge on any atom is -0.479 e. The smallest absolute Gasteiger partial charge is 0.411 e. The van der Waals surface area contributed by atoms with Gasteiger partial charge in [0.25, 0.3) is 5.56 Å². The van der Waals surface area contributed by atoms with Crippen molar-refractivity contribution in [2.24, 2.45) is 0 Å². The van der Waals surface area contributed by atoms with Gasteiger partial charge in [0.2, 0.25) is 0 Å². The van der Waals surface area contributed by atoms with E-state index < -0.39 is 27.9 Å². The molecule has 0 saturated heterocycles. The number of carbonyl (C=O) groups excluding carboxylic acids is 1. The third kappa shape index (κ3) is 7.54. The van der Waals surface area contributed by atoms with Gasteiger partial charge in [-0.1, -0.05) is 24.3 Å². The van der Waals surface area contributed by atoms with E-state index in [1.165, 1.54) is 12.4 Å². The Bertz CT molecular complexity index is 1830. The maximum Gasteiger partial charge on any atom is 0.411 e. The van der Waals surface area contributed by atoms with E-state index in [-0.39, 0.29) is 34.7 Å². The van der Waals surface area contributed by atoms with Crippen LogP contribution in [-0.4, -0.2) is 54.5 Å². The van der Waals surface area contributed by atoms with E-state index >= 15 is 0 Å². The van der Waals surface area contributed by atoms with Crippen LogP contribution in [0.2, 0.25) is 0 Å². The number of ether oxygens (including phenoxy) is 1. The van der Waals surface area contributed by atoms with Gasteiger partial charge in [0.05, 0.1) is 34.0 Å². The zero-order valence-corrected chi connectivity index (χ0v) is 25.3. The lowest BCUT2D eigenvalue weighted by Crippen LogP contribution is -2.20. The molecule has 1 unspecified atom stereocenters. The summed E-state index contributed by atoms with van der Waals surface area (Å²) in [5, 5.41) is 18.4. The summed E-state index contributed by atoms with van der Waals surface area (Å²) in [6.45, 7) is 0.405. The number of nitrogens with one attached hydrogen (secondary N) is 4. The summed E-state index contributed by atoms with van der Waals surface area (Å²) in [6, 6.07) is 15.4. The van der Waals surface area contributed by atoms with Crippen LogP contribution in [-0.2, 0) is 32.3 Å². The number of amides is 1. The predicted octanol–water partition coefficient (Wildman–Crippen LogP) is 4.03. The van der Waals surface area contributed by atoms with Gasteiger partial charge in [-0.2, -0.15) is 0 Å². The molecule has 0 radical (unpaired) electrons. The van der Waals surface area contributed by atoms with Crippen molar-refractivity contribution in [3.05, 3.63) is 94.0 Å². The number of benzene rings is 3. The van der Waals surface area contributed by atoms with Gasteiger partial charge in [-0.3, -0.25) is 10.1 Å². The van der Waals surface area contributed by atoms with Crippen LogP contribution in [0.4, 0.5) is 16.2 Å². The summed E-state index contributed by atoms with van der Waals surface area (Å²) in [5.41, 5.74) is 2.96. The number of hydrogen-bond acceptors (Lipinski definition) is 9. The summed E-state index contributed by atoms with van der Waals surface area (Å²) in [4.78, 5) is 43.4. The number of H-pyrrole nitrogens is 1. The van der Waals surface area contributed by atoms with Crippen LogP contribution >= 0.6 is 12.4 Å². The highest BCUT2D eigenvalue weighted by Gasteiger charge is 2.38. The number of fused-ring (bicyclic) bond motifs is 1. The van der Waals surface area contributed by atoms with Crippen molar-refractivity contribution in [1.29, 1.82) is 0 Å². The lowest BCUT2D eigenvalue weighted by atomic mass is 10.0. The van der Waals surface area contributed by atoms with E-state index in [0.717, 1.165) is 5.56 Å². The van der Waals surface area contributed by atoms with Crippen molar-refractivity contribution in [2.45, 2.75) is 42.0 Å². The number of aromatic amines is 1. The van der Waals surface area contributed by atoms with E-state index in [4.69, 9.17) is 4.74 Å². The molecule has 3 aromatic carbocycles. The second-order valence-electron chi connectivity index (χ2n) is 10.2. The molecule has 1 aliphatic carbocycles. The summed E-state index contributed by atoms with van der Waals surface area (Å²) < 4.78 is 30.8. The standard InChI is InChI=1S/C30H31N5O7S.ClH/c1-31-16-20-14-21(7-11-26(20)43(40,41)23-8-9-23)35-30(39)42-13-12-18-2-4-19(5-3-18)27(29(37)38)34-22-6-10-25-24(15-22)28(36)33-17-32-25;/h2-7,10-11,14-15,17,23,27,31,34H,8-9,12-13,16H2,1H3,(H,35,39)(H,37,38)(H,32,33,36);1H. The number of carboxylic acids is 1. The normalized spacial score (nSPS) is 13.5. The number of carboxylic acid groups (broad SMARTS) is 1. The van der Waals surface area contributed by atoms with E-state index in [1.54, 1.807) is 61.6 Å². The molecule has 1 heterocycles. The van der Waals surface area contributed by atoms with Crippen LogP contribution in [0.3, 0.4) is 0 Å². The second-order valence-corrected chi connectivity index (χ2v) is 12.4. The highest BCUT2D eigenvalue weighted by atomic mass is 35.5. The Labute approximate surface area is 259 Å². The van der Waals surface area contributed by atoms with Crippen LogP contribution in [0.1, 0.15) is 35.6 Å². The number of aliphatic carboxylic acids is 1. The lowest BCUT2D eigenvalue weighted by Gasteiger charge is -2.17. The quantitative estimate of drug-likeness (QED) is 0.152. The fourth-order valence-electron chi connectivity index (χ4n) is 4.73. The van der Waals surface area contributed by atoms with Crippen molar-refractivity contribution < 1.29 is 27.9 Å². The summed E-state index contributed by atoms with van der Waals surface area (Å²) in [7, 11) is -1.66. The van der Waals surface area contributed by atoms with Gasteiger partial charge in [-0.15, -0.1) is 12.4 Å². The first-order valence-electron chi connectivity index (χ1n) is 13.7. The number of rotatable bonds is 12. The Morgan fingerprint density at radius 1 is 1.07 bits per heavy atom. The average molecular weight is 642 g/mol. The molecule has 1 atom stereocenters. The maximum absolute atomic E-state index is 12.7. The zero-order chi connectivity index (χ0) is 30.6. The zero-order valence-electron chi connectivity index (χ0n) is 23.7. The third-order valence-corrected chi connectivity index (χ3v) is 9.44. The fraction of sp³-hybridized carbons (Fsp3) is 0.267. The highest BCUT2D eigenvalue weighted by Crippen LogP contribution is 2.35. The van der Waals surface area contributed by atoms with Gasteiger partial charge < -0.3 is 25.5 Å². The number of hydrogen-bond donors (Lipinski definition) is 5. The number of sulfone groups is 1. The van der Waals surface area contributed by atoms with E-state index in [2.05, 4.69) is 25.9 Å². The van der Waals surface area contributed by atoms with Gasteiger partial charge in [0.15, 0.2) is 15.9 Å². The van der Waals surface area contributed by atoms with Crippen LogP contribution in [0.25, 0.3) is 10.9 Å². The Balaban J connectivity index is 0.00000442. The molecule has 12 nitrogen and oxygen atoms in total. The average Bonchev–Trinajstić information content (AvgIpc) is 3.84. The third-order valence-electron chi connectivity index (χ3n) is 7.08. The van der Waals surface area contributed by atoms with Gasteiger partial charge in [-0.05, 0) is 73.0 Å². The Morgan fingerprint density at radius 3 is 2.48 bits per heavy atom. The highest BCUT2D eigenvalue weighted by molar-refractivity contribution is 7.92. The fourth-order valence-corrected chi connectivity index (χ4v) is 6.60. The molecular formula is C30H32ClN5O7S. The molecule has 1 aliphatic rings. The first kappa shape index (κ1) is 32.5. The number of anilines is 2. The molecule has 0 spiro atoms. The molecule has 232 valence electrons. The van der Waals surface area contributed by atoms with E-state index in [9.17, 15) is 27.9 Å². The minimum absolute atomic E-state index is 0. The molecule has 5 N–H and O–H groups in total. The second kappa shape index (κ2) is 13.9. The number of halogens is 1. The summed E-state index contributed by atoms with van der Waals surface area (Å²) in [6.07, 6.45) is 2.36. The molecule has 1 fully saturated rings. The van der Waals surface area contributed by atoms with Gasteiger partial charge in [-0.25, -0.2) is 23.0 Å². The van der Waals surface area contributed by atoms with Gasteiger partial charge in [0.1, 0.15) is 0 Å². The molecule has 14 heteroatoms. The number of aromatic nitrogens is 2. The number of carbonyl (C=O) groups is 2. The molecule has 0 aliphatic heterocycles. The molecule has 1 saturated carbocycles. The van der Waals surface area contributed by atoms with Crippen molar-refractivity contribution in [1.82, 2.24) is 15.3 Å². The minimum atomic E-state index is -3.38. The van der Waals surface area contributed by atoms with Crippen molar-refractivity contribution in [3.63, 3.8) is 0 Å². The molecular weight excluding hydrogens is 610 g/mol. The van der Waals surface area contributed by atoms with Gasteiger partial charge >= 0.3 is 12.1 Å². The SMILES string of the molecule is CNCc1cc(NC(=O)OCCc2ccc(C(Nc3ccc4nc[nH]c(=O)c4c3)C(=O)O)cc2)ccc1S(=O)(=O)C1CC1.Cl. The number of nitrogens with zero attached hydrogens (tertiary/aromatic N) is 1. The van der Waals surface area contributed by atoms with Crippen LogP contribution in [0.5, 0.6) is 0 Å². The Kier molecular flexibility index (Phi) is 10.2. The van der Waals surface area contributed by atoms with E-state index in [0.29, 0.717) is 59.2 Å². The van der Waals surface area contributed by atoms with Crippen LogP contribution in [0, 0.1) is 0 Å². The van der Waals surface area contributed by atoms with Crippen LogP contribution in [0.15, 0.2) is 76.7 Å². The molecule has 1 aromatic heterocycles. The predicted molar refractivity (Wildman–Crippen MR) is 168 cm³/mol. The van der Waals surface area contributed by atoms with Crippen LogP contribution < -0.4 is 21.5 Å². The van der Waals surface area contributed by atoms with Gasteiger partial charge in [0, 0.05) is 24.3 Å². The maximum atomic E-state index is 12.7. The van der Waals surface area contributed by atoms with Crippen molar-refractivity contribution >= 4 is 56.6 Å². The topological polar surface area (TPSA) is 180 Å². The summed E-state index contributed by atoms with van der Waals surface area (Å²) in [5.74, 6) is -1.09. The summed E-state index contributed by atoms with van der Waals surface area (Å²) >= 11 is 0. The first-order chi connectivity index (χ1) is 20.7. The lowest BCUT2D eigenvalue weighted by molar-refractivity contribution is -0.138. The Hall–Kier alpha value is -4.46. The first-order valence-corrected chi connectivity index (χ1v) is 15.2. The van der Waals surface area contributed by atoms with Crippen molar-refractivity contribution in [2.75, 3.05) is 24.3 Å². The molecule has 44 heavy (non-hydrogen) atoms.